The minimum absolute atomic E-state index is 0.379. The predicted molar refractivity (Wildman–Crippen MR) is 102 cm³/mol. The molecule has 0 aliphatic rings. The highest BCUT2D eigenvalue weighted by molar-refractivity contribution is 7.08. The monoisotopic (exact) mass is 362 g/mol. The number of nitrogens with one attached hydrogen (secondary N) is 2. The van der Waals surface area contributed by atoms with Gasteiger partial charge in [-0.15, -0.1) is 10.2 Å². The van der Waals surface area contributed by atoms with Gasteiger partial charge >= 0.3 is 6.03 Å². The summed E-state index contributed by atoms with van der Waals surface area (Å²) in [5, 5.41) is 21.1. The van der Waals surface area contributed by atoms with Crippen molar-refractivity contribution in [3.05, 3.63) is 59.3 Å². The van der Waals surface area contributed by atoms with E-state index in [0.29, 0.717) is 17.1 Å². The lowest BCUT2D eigenvalue weighted by Crippen LogP contribution is -2.20. The number of nitrogens with two attached hydrogens (primary N) is 1. The molecule has 2 aromatic heterocycles. The lowest BCUT2D eigenvalue weighted by Gasteiger charge is -2.17. The Hall–Kier alpha value is -3.52. The summed E-state index contributed by atoms with van der Waals surface area (Å²) in [6, 6.07) is 15.0. The molecule has 26 heavy (non-hydrogen) atoms. The van der Waals surface area contributed by atoms with E-state index in [2.05, 4.69) is 31.3 Å². The number of tetrazole rings is 1. The Bertz CT molecular complexity index is 1030. The number of carbonyl (C=O) groups excluding carboxylic acids is 1. The van der Waals surface area contributed by atoms with Crippen LogP contribution in [0.25, 0.3) is 33.6 Å². The molecule has 0 saturated carbocycles. The van der Waals surface area contributed by atoms with Crippen molar-refractivity contribution in [2.45, 2.75) is 0 Å². The number of aromatic nitrogens is 4. The number of thiophene rings is 1. The molecule has 4 rings (SSSR count). The Balaban J connectivity index is 2.07. The van der Waals surface area contributed by atoms with Crippen molar-refractivity contribution in [3.8, 4) is 33.6 Å². The first-order valence-electron chi connectivity index (χ1n) is 7.79. The summed E-state index contributed by atoms with van der Waals surface area (Å²) in [5.74, 6) is 0.379. The maximum absolute atomic E-state index is 11.5. The predicted octanol–water partition coefficient (Wildman–Crippen LogP) is 3.75. The summed E-state index contributed by atoms with van der Waals surface area (Å²) in [6.07, 6.45) is 0. The van der Waals surface area contributed by atoms with Gasteiger partial charge in [-0.2, -0.15) is 16.6 Å². The lowest BCUT2D eigenvalue weighted by atomic mass is 9.90. The third-order valence-corrected chi connectivity index (χ3v) is 4.61. The van der Waals surface area contributed by atoms with E-state index in [0.717, 1.165) is 22.3 Å². The van der Waals surface area contributed by atoms with Crippen molar-refractivity contribution in [3.63, 3.8) is 0 Å². The number of amides is 2. The number of H-pyrrole nitrogens is 1. The Morgan fingerprint density at radius 3 is 2.54 bits per heavy atom. The summed E-state index contributed by atoms with van der Waals surface area (Å²) >= 11 is 1.62. The lowest BCUT2D eigenvalue weighted by molar-refractivity contribution is 0.259. The minimum Gasteiger partial charge on any atom is -0.351 e. The van der Waals surface area contributed by atoms with Crippen molar-refractivity contribution < 1.29 is 4.79 Å². The molecule has 0 fully saturated rings. The van der Waals surface area contributed by atoms with Crippen LogP contribution in [-0.4, -0.2) is 26.7 Å². The second-order valence-corrected chi connectivity index (χ2v) is 6.29. The fraction of sp³-hybridized carbons (Fsp3) is 0. The van der Waals surface area contributed by atoms with E-state index in [4.69, 9.17) is 5.73 Å². The smallest absolute Gasteiger partial charge is 0.316 e. The van der Waals surface area contributed by atoms with Gasteiger partial charge < -0.3 is 11.1 Å². The van der Waals surface area contributed by atoms with Crippen molar-refractivity contribution in [2.24, 2.45) is 5.73 Å². The number of nitrogens with zero attached hydrogens (tertiary/aromatic N) is 3. The molecular weight excluding hydrogens is 348 g/mol. The summed E-state index contributed by atoms with van der Waals surface area (Å²) in [7, 11) is 0. The molecule has 4 N–H and O–H groups in total. The Kier molecular flexibility index (Phi) is 4.16. The number of primary amides is 1. The zero-order valence-electron chi connectivity index (χ0n) is 13.5. The van der Waals surface area contributed by atoms with Crippen LogP contribution in [0.5, 0.6) is 0 Å². The van der Waals surface area contributed by atoms with Crippen LogP contribution in [0.2, 0.25) is 0 Å². The molecule has 2 aromatic carbocycles. The highest BCUT2D eigenvalue weighted by Gasteiger charge is 2.21. The van der Waals surface area contributed by atoms with E-state index in [1.807, 2.05) is 47.8 Å². The quantitative estimate of drug-likeness (QED) is 0.513. The minimum atomic E-state index is -0.656. The van der Waals surface area contributed by atoms with Gasteiger partial charge in [0, 0.05) is 5.56 Å². The fourth-order valence-corrected chi connectivity index (χ4v) is 3.56. The van der Waals surface area contributed by atoms with Crippen LogP contribution in [-0.2, 0) is 0 Å². The molecule has 0 aliphatic heterocycles. The molecule has 0 spiro atoms. The van der Waals surface area contributed by atoms with E-state index >= 15 is 0 Å². The number of hydrogen-bond donors (Lipinski definition) is 3. The summed E-state index contributed by atoms with van der Waals surface area (Å²) in [6.45, 7) is 0. The third kappa shape index (κ3) is 2.93. The van der Waals surface area contributed by atoms with Gasteiger partial charge in [-0.25, -0.2) is 4.79 Å². The van der Waals surface area contributed by atoms with Crippen LogP contribution in [0.4, 0.5) is 10.5 Å². The number of anilines is 1. The first-order valence-corrected chi connectivity index (χ1v) is 8.73. The second-order valence-electron chi connectivity index (χ2n) is 5.51. The summed E-state index contributed by atoms with van der Waals surface area (Å²) in [4.78, 5) is 11.5. The summed E-state index contributed by atoms with van der Waals surface area (Å²) in [5.41, 5.74) is 10.5. The SMILES string of the molecule is NC(=O)Nc1ccc(-c2ccsc2)c(-c2ccccc2)c1-c1nn[nH]n1. The number of rotatable bonds is 4. The molecule has 0 bridgehead atoms. The molecule has 0 aliphatic carbocycles. The Morgan fingerprint density at radius 2 is 1.88 bits per heavy atom. The van der Waals surface area contributed by atoms with E-state index < -0.39 is 6.03 Å². The topological polar surface area (TPSA) is 110 Å². The molecule has 7 nitrogen and oxygen atoms in total. The highest BCUT2D eigenvalue weighted by Crippen LogP contribution is 2.43. The third-order valence-electron chi connectivity index (χ3n) is 3.93. The van der Waals surface area contributed by atoms with Crippen molar-refractivity contribution in [2.75, 3.05) is 5.32 Å². The van der Waals surface area contributed by atoms with Gasteiger partial charge in [-0.05, 0) is 44.8 Å². The van der Waals surface area contributed by atoms with Gasteiger partial charge in [0.2, 0.25) is 5.82 Å². The van der Waals surface area contributed by atoms with E-state index in [9.17, 15) is 4.79 Å². The number of hydrogen-bond acceptors (Lipinski definition) is 5. The van der Waals surface area contributed by atoms with Crippen LogP contribution in [0, 0.1) is 0 Å². The van der Waals surface area contributed by atoms with Crippen molar-refractivity contribution in [1.82, 2.24) is 20.6 Å². The van der Waals surface area contributed by atoms with Gasteiger partial charge in [0.25, 0.3) is 0 Å². The molecule has 0 atom stereocenters. The van der Waals surface area contributed by atoms with Gasteiger partial charge in [0.15, 0.2) is 0 Å². The normalized spacial score (nSPS) is 10.6. The van der Waals surface area contributed by atoms with Crippen LogP contribution >= 0.6 is 11.3 Å². The molecule has 0 saturated heterocycles. The van der Waals surface area contributed by atoms with Crippen LogP contribution in [0.15, 0.2) is 59.3 Å². The zero-order chi connectivity index (χ0) is 17.9. The van der Waals surface area contributed by atoms with Gasteiger partial charge in [0.1, 0.15) is 0 Å². The number of carbonyl (C=O) groups is 1. The number of benzene rings is 2. The molecule has 4 aromatic rings. The molecule has 0 radical (unpaired) electrons. The maximum Gasteiger partial charge on any atom is 0.316 e. The largest absolute Gasteiger partial charge is 0.351 e. The van der Waals surface area contributed by atoms with Gasteiger partial charge in [-0.1, -0.05) is 36.4 Å². The van der Waals surface area contributed by atoms with Crippen molar-refractivity contribution in [1.29, 1.82) is 0 Å². The molecule has 128 valence electrons. The average molecular weight is 362 g/mol. The number of urea groups is 1. The van der Waals surface area contributed by atoms with E-state index in [1.54, 1.807) is 17.4 Å². The van der Waals surface area contributed by atoms with Gasteiger partial charge in [-0.3, -0.25) is 0 Å². The molecule has 2 heterocycles. The molecule has 0 unspecified atom stereocenters. The van der Waals surface area contributed by atoms with Crippen LogP contribution in [0.1, 0.15) is 0 Å². The molecule has 8 heteroatoms. The fourth-order valence-electron chi connectivity index (χ4n) is 2.90. The average Bonchev–Trinajstić information content (AvgIpc) is 3.35. The molecular formula is C18H14N6OS. The van der Waals surface area contributed by atoms with Gasteiger partial charge in [0.05, 0.1) is 11.3 Å². The van der Waals surface area contributed by atoms with Crippen molar-refractivity contribution >= 4 is 23.1 Å². The second kappa shape index (κ2) is 6.77. The Labute approximate surface area is 152 Å². The summed E-state index contributed by atoms with van der Waals surface area (Å²) < 4.78 is 0. The zero-order valence-corrected chi connectivity index (χ0v) is 14.3. The molecule has 2 amide bonds. The number of aromatic amines is 1. The first kappa shape index (κ1) is 16.0. The Morgan fingerprint density at radius 1 is 1.04 bits per heavy atom. The van der Waals surface area contributed by atoms with Crippen LogP contribution in [0.3, 0.4) is 0 Å². The van der Waals surface area contributed by atoms with E-state index in [-0.39, 0.29) is 0 Å². The highest BCUT2D eigenvalue weighted by atomic mass is 32.1. The first-order chi connectivity index (χ1) is 12.7. The van der Waals surface area contributed by atoms with Crippen LogP contribution < -0.4 is 11.1 Å². The van der Waals surface area contributed by atoms with E-state index in [1.165, 1.54) is 0 Å². The maximum atomic E-state index is 11.5. The standard InChI is InChI=1S/C18H14N6OS/c19-18(25)20-14-7-6-13(12-8-9-26-10-12)15(11-4-2-1-3-5-11)16(14)17-21-23-24-22-17/h1-10H,(H3,19,20,25)(H,21,22,23,24).